The molecule has 0 fully saturated rings. The monoisotopic (exact) mass is 440 g/mol. The van der Waals surface area contributed by atoms with Crippen LogP contribution in [0.15, 0.2) is 11.4 Å². The summed E-state index contributed by atoms with van der Waals surface area (Å²) in [6, 6.07) is 0.982. The number of carbonyl (C=O) groups is 1. The number of nitrogens with two attached hydrogens (primary N) is 2. The number of aromatic nitrogens is 2. The van der Waals surface area contributed by atoms with Crippen LogP contribution in [0.3, 0.4) is 0 Å². The predicted octanol–water partition coefficient (Wildman–Crippen LogP) is 3.59. The van der Waals surface area contributed by atoms with E-state index >= 15 is 0 Å². The molecule has 2 aromatic heterocycles. The lowest BCUT2D eigenvalue weighted by Crippen LogP contribution is -2.22. The van der Waals surface area contributed by atoms with Crippen LogP contribution in [0.4, 0.5) is 25.0 Å². The minimum atomic E-state index is -0.803. The van der Waals surface area contributed by atoms with Gasteiger partial charge >= 0.3 is 6.09 Å². The highest BCUT2D eigenvalue weighted by Crippen LogP contribution is 2.38. The molecular formula is C17H18F2N6O2S2. The molecule has 0 bridgehead atoms. The standard InChI is InChI=1S/C17H18F2N6O2S2/c1-7-15(29-11(22-7)5-27-17(26)25(2)3)16-23-10(6-28-16)8-4-9(18)13(20)14(24-21)12(8)19/h4,6,24H,5,20-21H2,1-3H3. The molecule has 0 aliphatic rings. The van der Waals surface area contributed by atoms with Crippen LogP contribution in [0.2, 0.25) is 0 Å². The summed E-state index contributed by atoms with van der Waals surface area (Å²) in [5.41, 5.74) is 7.73. The van der Waals surface area contributed by atoms with Crippen molar-refractivity contribution in [3.63, 3.8) is 0 Å². The largest absolute Gasteiger partial charge is 0.442 e. The Morgan fingerprint density at radius 3 is 2.72 bits per heavy atom. The third-order valence-electron chi connectivity index (χ3n) is 3.90. The highest BCUT2D eigenvalue weighted by atomic mass is 32.1. The fourth-order valence-corrected chi connectivity index (χ4v) is 4.37. The summed E-state index contributed by atoms with van der Waals surface area (Å²) in [5.74, 6) is 3.66. The number of amides is 1. The maximum atomic E-state index is 14.6. The minimum Gasteiger partial charge on any atom is -0.442 e. The second-order valence-electron chi connectivity index (χ2n) is 6.16. The van der Waals surface area contributed by atoms with Crippen LogP contribution < -0.4 is 17.0 Å². The van der Waals surface area contributed by atoms with E-state index in [1.807, 2.05) is 0 Å². The van der Waals surface area contributed by atoms with Crippen molar-refractivity contribution < 1.29 is 18.3 Å². The molecule has 1 amide bonds. The number of halogens is 2. The number of hydrogen-bond donors (Lipinski definition) is 3. The van der Waals surface area contributed by atoms with Crippen molar-refractivity contribution in [3.8, 4) is 21.1 Å². The number of nitrogens with zero attached hydrogens (tertiary/aromatic N) is 3. The summed E-state index contributed by atoms with van der Waals surface area (Å²) < 4.78 is 33.8. The Balaban J connectivity index is 1.90. The van der Waals surface area contributed by atoms with E-state index in [1.165, 1.54) is 27.6 Å². The van der Waals surface area contributed by atoms with Crippen LogP contribution in [0.5, 0.6) is 0 Å². The molecule has 1 aromatic carbocycles. The Hall–Kier alpha value is -2.83. The Bertz CT molecular complexity index is 1070. The van der Waals surface area contributed by atoms with E-state index in [0.717, 1.165) is 10.9 Å². The molecule has 0 radical (unpaired) electrons. The van der Waals surface area contributed by atoms with Crippen molar-refractivity contribution in [2.45, 2.75) is 13.5 Å². The molecule has 29 heavy (non-hydrogen) atoms. The van der Waals surface area contributed by atoms with Gasteiger partial charge in [0.2, 0.25) is 0 Å². The summed E-state index contributed by atoms with van der Waals surface area (Å²) in [7, 11) is 3.17. The lowest BCUT2D eigenvalue weighted by atomic mass is 10.1. The molecule has 8 nitrogen and oxygen atoms in total. The van der Waals surface area contributed by atoms with Gasteiger partial charge in [0.25, 0.3) is 0 Å². The first kappa shape index (κ1) is 20.9. The van der Waals surface area contributed by atoms with Crippen molar-refractivity contribution in [3.05, 3.63) is 33.8 Å². The SMILES string of the molecule is Cc1nc(COC(=O)N(C)C)sc1-c1nc(-c2cc(F)c(N)c(NN)c2F)cs1. The first-order valence-electron chi connectivity index (χ1n) is 8.23. The first-order chi connectivity index (χ1) is 13.7. The summed E-state index contributed by atoms with van der Waals surface area (Å²) in [4.78, 5) is 22.4. The molecule has 2 heterocycles. The summed E-state index contributed by atoms with van der Waals surface area (Å²) in [5, 5.41) is 2.79. The van der Waals surface area contributed by atoms with Crippen LogP contribution in [-0.4, -0.2) is 35.1 Å². The van der Waals surface area contributed by atoms with Gasteiger partial charge in [0.1, 0.15) is 28.1 Å². The number of anilines is 2. The summed E-state index contributed by atoms with van der Waals surface area (Å²) in [6.07, 6.45) is -0.471. The van der Waals surface area contributed by atoms with E-state index in [1.54, 1.807) is 26.4 Å². The molecule has 12 heteroatoms. The predicted molar refractivity (Wildman–Crippen MR) is 109 cm³/mol. The van der Waals surface area contributed by atoms with Gasteiger partial charge in [-0.15, -0.1) is 22.7 Å². The van der Waals surface area contributed by atoms with Gasteiger partial charge in [0.05, 0.1) is 22.0 Å². The average Bonchev–Trinajstić information content (AvgIpc) is 3.29. The van der Waals surface area contributed by atoms with Gasteiger partial charge in [-0.3, -0.25) is 5.84 Å². The zero-order valence-corrected chi connectivity index (χ0v) is 17.4. The molecule has 0 spiro atoms. The minimum absolute atomic E-state index is 0.0318. The number of carbonyl (C=O) groups excluding carboxylic acids is 1. The molecular weight excluding hydrogens is 422 g/mol. The molecule has 5 N–H and O–H groups in total. The number of ether oxygens (including phenoxy) is 1. The van der Waals surface area contributed by atoms with Crippen LogP contribution in [-0.2, 0) is 11.3 Å². The van der Waals surface area contributed by atoms with Crippen LogP contribution in [0, 0.1) is 18.6 Å². The number of aryl methyl sites for hydroxylation is 1. The number of rotatable bonds is 5. The van der Waals surface area contributed by atoms with Gasteiger partial charge in [0.15, 0.2) is 5.82 Å². The lowest BCUT2D eigenvalue weighted by molar-refractivity contribution is 0.112. The van der Waals surface area contributed by atoms with E-state index in [4.69, 9.17) is 16.3 Å². The zero-order valence-electron chi connectivity index (χ0n) is 15.7. The van der Waals surface area contributed by atoms with Crippen molar-refractivity contribution in [1.82, 2.24) is 14.9 Å². The number of hydrazine groups is 1. The summed E-state index contributed by atoms with van der Waals surface area (Å²) >= 11 is 2.57. The van der Waals surface area contributed by atoms with E-state index in [2.05, 4.69) is 15.4 Å². The van der Waals surface area contributed by atoms with Crippen molar-refractivity contribution in [2.24, 2.45) is 5.84 Å². The molecule has 0 unspecified atom stereocenters. The van der Waals surface area contributed by atoms with Gasteiger partial charge < -0.3 is 20.8 Å². The Labute approximate surface area is 173 Å². The third-order valence-corrected chi connectivity index (χ3v) is 6.02. The lowest BCUT2D eigenvalue weighted by Gasteiger charge is -2.10. The first-order valence-corrected chi connectivity index (χ1v) is 9.93. The third kappa shape index (κ3) is 4.13. The highest BCUT2D eigenvalue weighted by Gasteiger charge is 2.21. The van der Waals surface area contributed by atoms with Crippen molar-refractivity contribution >= 4 is 40.1 Å². The molecule has 0 saturated heterocycles. The van der Waals surface area contributed by atoms with E-state index in [0.29, 0.717) is 15.7 Å². The molecule has 154 valence electrons. The van der Waals surface area contributed by atoms with Gasteiger partial charge in [-0.05, 0) is 13.0 Å². The van der Waals surface area contributed by atoms with Crippen molar-refractivity contribution in [2.75, 3.05) is 25.3 Å². The Morgan fingerprint density at radius 2 is 2.07 bits per heavy atom. The fourth-order valence-electron chi connectivity index (χ4n) is 2.43. The Kier molecular flexibility index (Phi) is 5.96. The van der Waals surface area contributed by atoms with Gasteiger partial charge in [-0.1, -0.05) is 0 Å². The molecule has 3 aromatic rings. The van der Waals surface area contributed by atoms with Crippen LogP contribution >= 0.6 is 22.7 Å². The number of benzene rings is 1. The van der Waals surface area contributed by atoms with E-state index in [9.17, 15) is 13.6 Å². The summed E-state index contributed by atoms with van der Waals surface area (Å²) in [6.45, 7) is 1.83. The maximum absolute atomic E-state index is 14.6. The van der Waals surface area contributed by atoms with Crippen molar-refractivity contribution in [1.29, 1.82) is 0 Å². The fraction of sp³-hybridized carbons (Fsp3) is 0.235. The number of thiazole rings is 2. The number of nitrogens with one attached hydrogen (secondary N) is 1. The normalized spacial score (nSPS) is 10.8. The molecule has 0 atom stereocenters. The number of hydrogen-bond acceptors (Lipinski definition) is 9. The maximum Gasteiger partial charge on any atom is 0.409 e. The average molecular weight is 441 g/mol. The van der Waals surface area contributed by atoms with Gasteiger partial charge in [0, 0.05) is 25.0 Å². The molecule has 0 aliphatic carbocycles. The molecule has 3 rings (SSSR count). The second kappa shape index (κ2) is 8.27. The quantitative estimate of drug-likeness (QED) is 0.315. The van der Waals surface area contributed by atoms with E-state index in [-0.39, 0.29) is 23.6 Å². The zero-order chi connectivity index (χ0) is 21.3. The second-order valence-corrected chi connectivity index (χ2v) is 8.10. The van der Waals surface area contributed by atoms with Crippen LogP contribution in [0.25, 0.3) is 21.1 Å². The highest BCUT2D eigenvalue weighted by molar-refractivity contribution is 7.21. The number of nitrogen functional groups attached to an aromatic ring is 2. The molecule has 0 aliphatic heterocycles. The van der Waals surface area contributed by atoms with Crippen LogP contribution in [0.1, 0.15) is 10.7 Å². The van der Waals surface area contributed by atoms with E-state index < -0.39 is 23.4 Å². The topological polar surface area (TPSA) is 119 Å². The van der Waals surface area contributed by atoms with Gasteiger partial charge in [-0.2, -0.15) is 0 Å². The smallest absolute Gasteiger partial charge is 0.409 e. The van der Waals surface area contributed by atoms with Gasteiger partial charge in [-0.25, -0.2) is 23.5 Å². The molecule has 0 saturated carbocycles. The Morgan fingerprint density at radius 1 is 1.34 bits per heavy atom.